The van der Waals surface area contributed by atoms with E-state index < -0.39 is 0 Å². The molecule has 108 valence electrons. The van der Waals surface area contributed by atoms with Crippen LogP contribution in [0.25, 0.3) is 0 Å². The highest BCUT2D eigenvalue weighted by molar-refractivity contribution is 5.46. The summed E-state index contributed by atoms with van der Waals surface area (Å²) in [4.78, 5) is 2.35. The number of rotatable bonds is 5. The molecule has 0 aliphatic rings. The molecule has 0 unspecified atom stereocenters. The van der Waals surface area contributed by atoms with Crippen molar-refractivity contribution < 1.29 is 0 Å². The number of nitrogens with two attached hydrogens (primary N) is 1. The van der Waals surface area contributed by atoms with Crippen molar-refractivity contribution in [2.45, 2.75) is 26.9 Å². The number of nitrogens with zero attached hydrogens (tertiary/aromatic N) is 2. The van der Waals surface area contributed by atoms with E-state index in [9.17, 15) is 0 Å². The number of benzene rings is 2. The fourth-order valence-corrected chi connectivity index (χ4v) is 2.38. The van der Waals surface area contributed by atoms with E-state index in [2.05, 4.69) is 30.9 Å². The van der Waals surface area contributed by atoms with Crippen LogP contribution in [0.15, 0.2) is 42.5 Å². The molecule has 0 aromatic heterocycles. The van der Waals surface area contributed by atoms with Crippen molar-refractivity contribution >= 4 is 5.69 Å². The van der Waals surface area contributed by atoms with Gasteiger partial charge in [-0.05, 0) is 48.4 Å². The second-order valence-electron chi connectivity index (χ2n) is 5.26. The number of nitrogen functional groups attached to an aromatic ring is 1. The largest absolute Gasteiger partial charge is 0.398 e. The van der Waals surface area contributed by atoms with Gasteiger partial charge in [0, 0.05) is 18.8 Å². The maximum atomic E-state index is 8.93. The van der Waals surface area contributed by atoms with Gasteiger partial charge >= 0.3 is 0 Å². The Morgan fingerprint density at radius 2 is 1.81 bits per heavy atom. The monoisotopic (exact) mass is 279 g/mol. The van der Waals surface area contributed by atoms with Crippen molar-refractivity contribution in [1.29, 1.82) is 5.26 Å². The maximum Gasteiger partial charge on any atom is 0.0991 e. The molecule has 0 amide bonds. The molecular formula is C18H21N3. The Labute approximate surface area is 126 Å². The highest BCUT2D eigenvalue weighted by Gasteiger charge is 2.09. The molecule has 3 nitrogen and oxygen atoms in total. The number of hydrogen-bond acceptors (Lipinski definition) is 3. The second kappa shape index (κ2) is 6.92. The quantitative estimate of drug-likeness (QED) is 0.853. The number of hydrogen-bond donors (Lipinski definition) is 1. The zero-order valence-corrected chi connectivity index (χ0v) is 12.6. The lowest BCUT2D eigenvalue weighted by atomic mass is 10.0. The average molecular weight is 279 g/mol. The van der Waals surface area contributed by atoms with E-state index in [0.717, 1.165) is 36.4 Å². The Morgan fingerprint density at radius 1 is 1.10 bits per heavy atom. The van der Waals surface area contributed by atoms with Crippen LogP contribution in [0.5, 0.6) is 0 Å². The molecule has 3 heteroatoms. The second-order valence-corrected chi connectivity index (χ2v) is 5.26. The van der Waals surface area contributed by atoms with E-state index in [-0.39, 0.29) is 0 Å². The summed E-state index contributed by atoms with van der Waals surface area (Å²) in [5, 5.41) is 8.93. The molecule has 0 bridgehead atoms. The number of para-hydroxylation sites is 1. The summed E-state index contributed by atoms with van der Waals surface area (Å²) >= 11 is 0. The van der Waals surface area contributed by atoms with E-state index in [4.69, 9.17) is 11.0 Å². The summed E-state index contributed by atoms with van der Waals surface area (Å²) < 4.78 is 0. The van der Waals surface area contributed by atoms with Crippen molar-refractivity contribution in [3.63, 3.8) is 0 Å². The van der Waals surface area contributed by atoms with Crippen LogP contribution in [0.4, 0.5) is 5.69 Å². The molecule has 0 heterocycles. The number of nitriles is 1. The Hall–Kier alpha value is -2.31. The zero-order chi connectivity index (χ0) is 15.2. The predicted molar refractivity (Wildman–Crippen MR) is 86.5 cm³/mol. The summed E-state index contributed by atoms with van der Waals surface area (Å²) in [6.07, 6.45) is 0. The molecule has 2 rings (SSSR count). The topological polar surface area (TPSA) is 53.0 Å². The molecule has 21 heavy (non-hydrogen) atoms. The maximum absolute atomic E-state index is 8.93. The number of aryl methyl sites for hydroxylation is 1. The van der Waals surface area contributed by atoms with E-state index >= 15 is 0 Å². The van der Waals surface area contributed by atoms with Gasteiger partial charge in [0.25, 0.3) is 0 Å². The smallest absolute Gasteiger partial charge is 0.0991 e. The van der Waals surface area contributed by atoms with Gasteiger partial charge in [-0.1, -0.05) is 31.2 Å². The van der Waals surface area contributed by atoms with Crippen molar-refractivity contribution in [3.8, 4) is 6.07 Å². The van der Waals surface area contributed by atoms with Crippen LogP contribution in [0.3, 0.4) is 0 Å². The molecule has 0 saturated carbocycles. The molecule has 0 saturated heterocycles. The molecule has 2 aromatic carbocycles. The number of anilines is 1. The van der Waals surface area contributed by atoms with Gasteiger partial charge < -0.3 is 5.73 Å². The van der Waals surface area contributed by atoms with Crippen LogP contribution in [0.2, 0.25) is 0 Å². The fourth-order valence-electron chi connectivity index (χ4n) is 2.38. The van der Waals surface area contributed by atoms with E-state index in [0.29, 0.717) is 5.56 Å². The van der Waals surface area contributed by atoms with Crippen LogP contribution < -0.4 is 5.73 Å². The van der Waals surface area contributed by atoms with Crippen molar-refractivity contribution in [2.75, 3.05) is 12.3 Å². The van der Waals surface area contributed by atoms with Gasteiger partial charge in [-0.2, -0.15) is 5.26 Å². The first-order valence-corrected chi connectivity index (χ1v) is 7.19. The van der Waals surface area contributed by atoms with E-state index in [1.54, 1.807) is 0 Å². The summed E-state index contributed by atoms with van der Waals surface area (Å²) in [5.41, 5.74) is 11.2. The SMILES string of the molecule is CCN(Cc1ccc(C#N)cc1C)Cc1ccccc1N. The first-order valence-electron chi connectivity index (χ1n) is 7.19. The lowest BCUT2D eigenvalue weighted by molar-refractivity contribution is 0.271. The van der Waals surface area contributed by atoms with Crippen molar-refractivity contribution in [2.24, 2.45) is 0 Å². The normalized spacial score (nSPS) is 10.6. The van der Waals surface area contributed by atoms with Gasteiger partial charge in [-0.25, -0.2) is 0 Å². The fraction of sp³-hybridized carbons (Fsp3) is 0.278. The highest BCUT2D eigenvalue weighted by atomic mass is 15.1. The van der Waals surface area contributed by atoms with Gasteiger partial charge in [0.2, 0.25) is 0 Å². The van der Waals surface area contributed by atoms with Gasteiger partial charge in [0.05, 0.1) is 11.6 Å². The predicted octanol–water partition coefficient (Wildman–Crippen LogP) is 3.47. The van der Waals surface area contributed by atoms with Crippen molar-refractivity contribution in [3.05, 3.63) is 64.7 Å². The summed E-state index contributed by atoms with van der Waals surface area (Å²) in [6.45, 7) is 6.86. The molecule has 0 aliphatic carbocycles. The van der Waals surface area contributed by atoms with Gasteiger partial charge in [0.1, 0.15) is 0 Å². The molecule has 2 N–H and O–H groups in total. The van der Waals surface area contributed by atoms with Gasteiger partial charge in [-0.15, -0.1) is 0 Å². The van der Waals surface area contributed by atoms with Crippen molar-refractivity contribution in [1.82, 2.24) is 4.90 Å². The summed E-state index contributed by atoms with van der Waals surface area (Å²) in [7, 11) is 0. The minimum Gasteiger partial charge on any atom is -0.398 e. The molecule has 2 aromatic rings. The molecule has 0 radical (unpaired) electrons. The summed E-state index contributed by atoms with van der Waals surface area (Å²) in [6, 6.07) is 16.0. The van der Waals surface area contributed by atoms with E-state index in [1.807, 2.05) is 36.4 Å². The molecule has 0 atom stereocenters. The van der Waals surface area contributed by atoms with Crippen LogP contribution in [0, 0.1) is 18.3 Å². The van der Waals surface area contributed by atoms with Crippen LogP contribution >= 0.6 is 0 Å². The van der Waals surface area contributed by atoms with Crippen LogP contribution in [-0.4, -0.2) is 11.4 Å². The highest BCUT2D eigenvalue weighted by Crippen LogP contribution is 2.17. The molecule has 0 spiro atoms. The summed E-state index contributed by atoms with van der Waals surface area (Å²) in [5.74, 6) is 0. The Balaban J connectivity index is 2.13. The zero-order valence-electron chi connectivity index (χ0n) is 12.6. The molecule has 0 fully saturated rings. The lowest BCUT2D eigenvalue weighted by Crippen LogP contribution is -2.23. The molecule has 0 aliphatic heterocycles. The average Bonchev–Trinajstić information content (AvgIpc) is 2.50. The third kappa shape index (κ3) is 3.84. The lowest BCUT2D eigenvalue weighted by Gasteiger charge is -2.22. The first kappa shape index (κ1) is 15.1. The van der Waals surface area contributed by atoms with Gasteiger partial charge in [-0.3, -0.25) is 4.90 Å². The first-order chi connectivity index (χ1) is 10.1. The molecular weight excluding hydrogens is 258 g/mol. The minimum absolute atomic E-state index is 0.714. The third-order valence-corrected chi connectivity index (χ3v) is 3.76. The Kier molecular flexibility index (Phi) is 4.97. The Morgan fingerprint density at radius 3 is 2.43 bits per heavy atom. The standard InChI is InChI=1S/C18H21N3/c1-3-21(13-17-6-4-5-7-18(17)20)12-16-9-8-15(11-19)10-14(16)2/h4-10H,3,12-13,20H2,1-2H3. The van der Waals surface area contributed by atoms with Crippen LogP contribution in [-0.2, 0) is 13.1 Å². The van der Waals surface area contributed by atoms with E-state index in [1.165, 1.54) is 5.56 Å². The Bertz CT molecular complexity index is 656. The van der Waals surface area contributed by atoms with Gasteiger partial charge in [0.15, 0.2) is 0 Å². The van der Waals surface area contributed by atoms with Crippen LogP contribution in [0.1, 0.15) is 29.2 Å². The third-order valence-electron chi connectivity index (χ3n) is 3.76. The minimum atomic E-state index is 0.714.